The summed E-state index contributed by atoms with van der Waals surface area (Å²) in [6.45, 7) is 1.48. The lowest BCUT2D eigenvalue weighted by Crippen LogP contribution is -2.24. The molecule has 3 aromatic carbocycles. The van der Waals surface area contributed by atoms with Crippen molar-refractivity contribution in [3.8, 4) is 11.5 Å². The molecule has 8 nitrogen and oxygen atoms in total. The number of benzene rings is 3. The third kappa shape index (κ3) is 5.71. The van der Waals surface area contributed by atoms with Gasteiger partial charge in [-0.15, -0.1) is 0 Å². The van der Waals surface area contributed by atoms with E-state index in [1.807, 2.05) is 0 Å². The third-order valence-corrected chi connectivity index (χ3v) is 6.14. The molecule has 0 saturated carbocycles. The molecule has 1 N–H and O–H groups in total. The molecule has 38 heavy (non-hydrogen) atoms. The smallest absolute Gasteiger partial charge is 0.340 e. The molecule has 0 atom stereocenters. The molecule has 0 spiro atoms. The first kappa shape index (κ1) is 26.5. The summed E-state index contributed by atoms with van der Waals surface area (Å²) >= 11 is 6.06. The fourth-order valence-corrected chi connectivity index (χ4v) is 4.15. The second-order valence-corrected chi connectivity index (χ2v) is 8.64. The largest absolute Gasteiger partial charge is 0.497 e. The number of nitrogens with one attached hydrogen (secondary N) is 1. The van der Waals surface area contributed by atoms with E-state index < -0.39 is 5.97 Å². The van der Waals surface area contributed by atoms with Gasteiger partial charge in [-0.1, -0.05) is 41.9 Å². The highest BCUT2D eigenvalue weighted by molar-refractivity contribution is 6.33. The Bertz CT molecular complexity index is 1450. The van der Waals surface area contributed by atoms with Crippen LogP contribution in [0.3, 0.4) is 0 Å². The van der Waals surface area contributed by atoms with Gasteiger partial charge in [0.1, 0.15) is 11.5 Å². The van der Waals surface area contributed by atoms with Gasteiger partial charge in [-0.05, 0) is 55.0 Å². The van der Waals surface area contributed by atoms with Gasteiger partial charge in [0.15, 0.2) is 6.61 Å². The highest BCUT2D eigenvalue weighted by Gasteiger charge is 2.38. The zero-order valence-corrected chi connectivity index (χ0v) is 21.7. The van der Waals surface area contributed by atoms with E-state index in [0.29, 0.717) is 39.2 Å². The number of para-hydroxylation sites is 1. The third-order valence-electron chi connectivity index (χ3n) is 5.81. The Labute approximate surface area is 225 Å². The Hall–Kier alpha value is -4.56. The van der Waals surface area contributed by atoms with Crippen LogP contribution >= 0.6 is 11.6 Å². The lowest BCUT2D eigenvalue weighted by Gasteiger charge is -2.18. The number of amides is 2. The lowest BCUT2D eigenvalue weighted by atomic mass is 10.0. The zero-order chi connectivity index (χ0) is 27.2. The summed E-state index contributed by atoms with van der Waals surface area (Å²) in [4.78, 5) is 39.8. The second kappa shape index (κ2) is 11.7. The number of ether oxygens (including phenoxy) is 3. The fourth-order valence-electron chi connectivity index (χ4n) is 3.97. The maximum atomic E-state index is 13.5. The summed E-state index contributed by atoms with van der Waals surface area (Å²) in [5, 5.41) is 3.12. The zero-order valence-electron chi connectivity index (χ0n) is 21.0. The minimum absolute atomic E-state index is 0.178. The predicted octanol–water partition coefficient (Wildman–Crippen LogP) is 5.24. The molecule has 0 radical (unpaired) electrons. The molecular weight excluding hydrogens is 508 g/mol. The number of halogens is 1. The number of carbonyl (C=O) groups excluding carboxylic acids is 3. The van der Waals surface area contributed by atoms with Crippen molar-refractivity contribution in [2.45, 2.75) is 6.92 Å². The van der Waals surface area contributed by atoms with Crippen LogP contribution in [0.15, 0.2) is 89.6 Å². The van der Waals surface area contributed by atoms with Crippen molar-refractivity contribution in [3.63, 3.8) is 0 Å². The van der Waals surface area contributed by atoms with Crippen molar-refractivity contribution in [1.82, 2.24) is 0 Å². The average Bonchev–Trinajstić information content (AvgIpc) is 3.17. The molecular formula is C29H25ClN2O6. The van der Waals surface area contributed by atoms with E-state index in [2.05, 4.69) is 5.32 Å². The topological polar surface area (TPSA) is 94.2 Å². The first-order valence-electron chi connectivity index (χ1n) is 11.6. The molecule has 0 saturated heterocycles. The number of nitrogens with zero attached hydrogens (tertiary/aromatic N) is 1. The van der Waals surface area contributed by atoms with Crippen molar-refractivity contribution in [2.75, 3.05) is 31.0 Å². The van der Waals surface area contributed by atoms with Gasteiger partial charge in [0.2, 0.25) is 0 Å². The van der Waals surface area contributed by atoms with Gasteiger partial charge in [0.05, 0.1) is 41.8 Å². The summed E-state index contributed by atoms with van der Waals surface area (Å²) in [7, 11) is 2.81. The molecule has 2 amide bonds. The predicted molar refractivity (Wildman–Crippen MR) is 145 cm³/mol. The summed E-state index contributed by atoms with van der Waals surface area (Å²) in [5.41, 5.74) is 2.55. The van der Waals surface area contributed by atoms with Crippen LogP contribution in [-0.4, -0.2) is 38.6 Å². The number of hydrogen-bond donors (Lipinski definition) is 1. The monoisotopic (exact) mass is 532 g/mol. The summed E-state index contributed by atoms with van der Waals surface area (Å²) in [6.07, 6.45) is 1.62. The SMILES string of the molecule is COC(=O)C1=C(C)N(c2cccc(OC)c2)C(=O)C1=Cc1ccc(OCC(=O)Nc2ccccc2Cl)cc1. The summed E-state index contributed by atoms with van der Waals surface area (Å²) < 4.78 is 15.8. The van der Waals surface area contributed by atoms with Gasteiger partial charge >= 0.3 is 5.97 Å². The van der Waals surface area contributed by atoms with Crippen LogP contribution in [0.1, 0.15) is 12.5 Å². The van der Waals surface area contributed by atoms with Gasteiger partial charge in [0, 0.05) is 11.8 Å². The van der Waals surface area contributed by atoms with Crippen LogP contribution in [0.2, 0.25) is 5.02 Å². The Kier molecular flexibility index (Phi) is 8.13. The molecule has 194 valence electrons. The summed E-state index contributed by atoms with van der Waals surface area (Å²) in [5.74, 6) is -0.306. The maximum absolute atomic E-state index is 13.5. The van der Waals surface area contributed by atoms with Crippen LogP contribution in [0.25, 0.3) is 6.08 Å². The van der Waals surface area contributed by atoms with Crippen molar-refractivity contribution in [1.29, 1.82) is 0 Å². The Balaban J connectivity index is 1.52. The van der Waals surface area contributed by atoms with E-state index in [9.17, 15) is 14.4 Å². The number of hydrogen-bond acceptors (Lipinski definition) is 6. The fraction of sp³-hybridized carbons (Fsp3) is 0.138. The first-order valence-corrected chi connectivity index (χ1v) is 12.0. The number of anilines is 2. The van der Waals surface area contributed by atoms with Gasteiger partial charge < -0.3 is 19.5 Å². The van der Waals surface area contributed by atoms with Crippen LogP contribution in [0, 0.1) is 0 Å². The standard InChI is InChI=1S/C29H25ClN2O6/c1-18-27(29(35)37-3)23(28(34)32(18)20-7-6-8-22(16-20)36-2)15-19-11-13-21(14-12-19)38-17-26(33)31-25-10-5-4-9-24(25)30/h4-16H,17H2,1-3H3,(H,31,33). The van der Waals surface area contributed by atoms with Crippen molar-refractivity contribution in [3.05, 3.63) is 100 Å². The minimum Gasteiger partial charge on any atom is -0.497 e. The molecule has 3 aromatic rings. The van der Waals surface area contributed by atoms with Crippen molar-refractivity contribution >= 4 is 46.8 Å². The van der Waals surface area contributed by atoms with Gasteiger partial charge in [-0.2, -0.15) is 0 Å². The number of esters is 1. The van der Waals surface area contributed by atoms with Crippen molar-refractivity contribution in [2.24, 2.45) is 0 Å². The molecule has 0 unspecified atom stereocenters. The molecule has 0 fully saturated rings. The summed E-state index contributed by atoms with van der Waals surface area (Å²) in [6, 6.07) is 20.7. The van der Waals surface area contributed by atoms with Crippen LogP contribution in [-0.2, 0) is 19.1 Å². The van der Waals surface area contributed by atoms with Gasteiger partial charge in [-0.25, -0.2) is 4.79 Å². The van der Waals surface area contributed by atoms with Crippen LogP contribution < -0.4 is 19.7 Å². The van der Waals surface area contributed by atoms with Gasteiger partial charge in [-0.3, -0.25) is 14.5 Å². The van der Waals surface area contributed by atoms with E-state index in [0.717, 1.165) is 0 Å². The van der Waals surface area contributed by atoms with E-state index in [4.69, 9.17) is 25.8 Å². The maximum Gasteiger partial charge on any atom is 0.340 e. The Morgan fingerprint density at radius 3 is 2.39 bits per heavy atom. The minimum atomic E-state index is -0.614. The normalized spacial score (nSPS) is 14.1. The van der Waals surface area contributed by atoms with Gasteiger partial charge in [0.25, 0.3) is 11.8 Å². The molecule has 1 aliphatic rings. The number of carbonyl (C=O) groups is 3. The highest BCUT2D eigenvalue weighted by atomic mass is 35.5. The number of methoxy groups -OCH3 is 2. The van der Waals surface area contributed by atoms with Crippen LogP contribution in [0.4, 0.5) is 11.4 Å². The second-order valence-electron chi connectivity index (χ2n) is 8.24. The molecule has 1 heterocycles. The first-order chi connectivity index (χ1) is 18.3. The Morgan fingerprint density at radius 1 is 0.974 bits per heavy atom. The molecule has 9 heteroatoms. The number of allylic oxidation sites excluding steroid dienone is 1. The quantitative estimate of drug-likeness (QED) is 0.315. The molecule has 1 aliphatic heterocycles. The van der Waals surface area contributed by atoms with E-state index in [1.165, 1.54) is 19.1 Å². The van der Waals surface area contributed by atoms with E-state index >= 15 is 0 Å². The Morgan fingerprint density at radius 2 is 1.71 bits per heavy atom. The van der Waals surface area contributed by atoms with E-state index in [-0.39, 0.29) is 29.6 Å². The molecule has 0 aliphatic carbocycles. The molecule has 0 aromatic heterocycles. The van der Waals surface area contributed by atoms with Crippen LogP contribution in [0.5, 0.6) is 11.5 Å². The highest BCUT2D eigenvalue weighted by Crippen LogP contribution is 2.36. The van der Waals surface area contributed by atoms with E-state index in [1.54, 1.807) is 85.8 Å². The lowest BCUT2D eigenvalue weighted by molar-refractivity contribution is -0.136. The van der Waals surface area contributed by atoms with Crippen molar-refractivity contribution < 1.29 is 28.6 Å². The molecule has 4 rings (SSSR count). The number of rotatable bonds is 8. The molecule has 0 bridgehead atoms. The average molecular weight is 533 g/mol.